The van der Waals surface area contributed by atoms with E-state index < -0.39 is 8.88 Å². The Morgan fingerprint density at radius 1 is 0.630 bits per heavy atom. The molecule has 0 aromatic rings. The minimum Gasteiger partial charge on any atom is -0.371 e. The first-order valence-corrected chi connectivity index (χ1v) is 13.8. The van der Waals surface area contributed by atoms with Crippen LogP contribution in [0, 0.1) is 0 Å². The monoisotopic (exact) mass is 398 g/mol. The van der Waals surface area contributed by atoms with Crippen LogP contribution in [0.15, 0.2) is 0 Å². The fraction of sp³-hybridized carbons (Fsp3) is 1.00. The van der Waals surface area contributed by atoms with Gasteiger partial charge in [0.15, 0.2) is 0 Å². The summed E-state index contributed by atoms with van der Waals surface area (Å²) in [5.41, 5.74) is 0. The minimum atomic E-state index is -2.60. The standard InChI is InChI=1S/C22H46N2O2Si/c1-5-19-23(21-15-11-9-12-16-21)27(25-7-3,26-8-4)24(20-6-2)22-17-13-10-14-18-22/h21-22H,5-20H2,1-4H3. The third kappa shape index (κ3) is 6.02. The van der Waals surface area contributed by atoms with Crippen molar-refractivity contribution in [3.63, 3.8) is 0 Å². The van der Waals surface area contributed by atoms with E-state index in [4.69, 9.17) is 8.85 Å². The quantitative estimate of drug-likeness (QED) is 0.400. The first-order chi connectivity index (χ1) is 13.2. The van der Waals surface area contributed by atoms with Crippen molar-refractivity contribution in [1.82, 2.24) is 9.13 Å². The van der Waals surface area contributed by atoms with E-state index >= 15 is 0 Å². The Bertz CT molecular complexity index is 349. The molecule has 160 valence electrons. The maximum Gasteiger partial charge on any atom is 0.522 e. The lowest BCUT2D eigenvalue weighted by atomic mass is 9.95. The SMILES string of the molecule is CCCN(C1CCCCC1)[Si](OCC)(OCC)N(CCC)C1CCCCC1. The smallest absolute Gasteiger partial charge is 0.371 e. The van der Waals surface area contributed by atoms with E-state index in [0.29, 0.717) is 12.1 Å². The Hall–Kier alpha value is 0.0569. The largest absolute Gasteiger partial charge is 0.522 e. The molecule has 2 aliphatic rings. The first kappa shape index (κ1) is 23.3. The van der Waals surface area contributed by atoms with E-state index in [-0.39, 0.29) is 0 Å². The molecule has 2 rings (SSSR count). The highest BCUT2D eigenvalue weighted by molar-refractivity contribution is 6.61. The topological polar surface area (TPSA) is 24.9 Å². The molecule has 0 atom stereocenters. The van der Waals surface area contributed by atoms with Crippen molar-refractivity contribution in [2.24, 2.45) is 0 Å². The van der Waals surface area contributed by atoms with Gasteiger partial charge in [-0.25, -0.2) is 0 Å². The Balaban J connectivity index is 2.40. The van der Waals surface area contributed by atoms with Crippen LogP contribution < -0.4 is 0 Å². The fourth-order valence-electron chi connectivity index (χ4n) is 5.29. The lowest BCUT2D eigenvalue weighted by molar-refractivity contribution is 0.0208. The van der Waals surface area contributed by atoms with E-state index in [0.717, 1.165) is 26.3 Å². The molecule has 2 saturated carbocycles. The van der Waals surface area contributed by atoms with Gasteiger partial charge in [0.25, 0.3) is 0 Å². The maximum atomic E-state index is 6.77. The van der Waals surface area contributed by atoms with Crippen LogP contribution in [0.4, 0.5) is 0 Å². The third-order valence-corrected chi connectivity index (χ3v) is 10.3. The summed E-state index contributed by atoms with van der Waals surface area (Å²) in [5, 5.41) is 0. The van der Waals surface area contributed by atoms with Crippen LogP contribution in [-0.2, 0) is 8.85 Å². The second kappa shape index (κ2) is 12.6. The van der Waals surface area contributed by atoms with Crippen molar-refractivity contribution in [1.29, 1.82) is 0 Å². The van der Waals surface area contributed by atoms with Crippen molar-refractivity contribution in [3.05, 3.63) is 0 Å². The zero-order valence-electron chi connectivity index (χ0n) is 18.7. The summed E-state index contributed by atoms with van der Waals surface area (Å²) in [6, 6.07) is 1.29. The second-order valence-electron chi connectivity index (χ2n) is 8.38. The molecule has 4 nitrogen and oxygen atoms in total. The Kier molecular flexibility index (Phi) is 10.9. The van der Waals surface area contributed by atoms with Crippen LogP contribution in [-0.4, -0.2) is 56.4 Å². The summed E-state index contributed by atoms with van der Waals surface area (Å²) in [5.74, 6) is 0. The van der Waals surface area contributed by atoms with Gasteiger partial charge >= 0.3 is 8.88 Å². The van der Waals surface area contributed by atoms with Crippen molar-refractivity contribution in [2.75, 3.05) is 26.3 Å². The molecule has 2 aliphatic carbocycles. The molecule has 0 aliphatic heterocycles. The van der Waals surface area contributed by atoms with Crippen molar-refractivity contribution in [2.45, 2.75) is 117 Å². The van der Waals surface area contributed by atoms with Gasteiger partial charge in [0.2, 0.25) is 0 Å². The van der Waals surface area contributed by atoms with Crippen LogP contribution in [0.1, 0.15) is 105 Å². The molecule has 0 bridgehead atoms. The van der Waals surface area contributed by atoms with Gasteiger partial charge < -0.3 is 8.85 Å². The molecular formula is C22H46N2O2Si. The molecule has 0 heterocycles. The predicted molar refractivity (Wildman–Crippen MR) is 117 cm³/mol. The summed E-state index contributed by atoms with van der Waals surface area (Å²) in [6.45, 7) is 12.7. The number of rotatable bonds is 12. The molecule has 0 radical (unpaired) electrons. The molecule has 2 fully saturated rings. The summed E-state index contributed by atoms with van der Waals surface area (Å²) >= 11 is 0. The lowest BCUT2D eigenvalue weighted by Crippen LogP contribution is -2.74. The molecule has 0 amide bonds. The van der Waals surface area contributed by atoms with Gasteiger partial charge in [0.1, 0.15) is 0 Å². The van der Waals surface area contributed by atoms with E-state index in [2.05, 4.69) is 36.8 Å². The zero-order chi connectivity index (χ0) is 19.5. The molecule has 0 saturated heterocycles. The van der Waals surface area contributed by atoms with Gasteiger partial charge in [0, 0.05) is 25.3 Å². The Morgan fingerprint density at radius 2 is 1.00 bits per heavy atom. The maximum absolute atomic E-state index is 6.77. The number of hydrogen-bond acceptors (Lipinski definition) is 4. The second-order valence-corrected chi connectivity index (χ2v) is 11.2. The fourth-order valence-corrected chi connectivity index (χ4v) is 9.57. The van der Waals surface area contributed by atoms with Gasteiger partial charge in [-0.3, -0.25) is 9.13 Å². The minimum absolute atomic E-state index is 0.645. The number of nitrogens with zero attached hydrogens (tertiary/aromatic N) is 2. The van der Waals surface area contributed by atoms with Crippen molar-refractivity contribution in [3.8, 4) is 0 Å². The van der Waals surface area contributed by atoms with Crippen LogP contribution in [0.3, 0.4) is 0 Å². The molecule has 0 aromatic heterocycles. The van der Waals surface area contributed by atoms with Crippen molar-refractivity contribution < 1.29 is 8.85 Å². The van der Waals surface area contributed by atoms with Gasteiger partial charge in [-0.15, -0.1) is 0 Å². The molecule has 0 N–H and O–H groups in total. The van der Waals surface area contributed by atoms with E-state index in [9.17, 15) is 0 Å². The summed E-state index contributed by atoms with van der Waals surface area (Å²) < 4.78 is 19.1. The Morgan fingerprint density at radius 3 is 1.30 bits per heavy atom. The molecule has 5 heteroatoms. The average molecular weight is 399 g/mol. The van der Waals surface area contributed by atoms with Crippen LogP contribution >= 0.6 is 0 Å². The molecule has 0 unspecified atom stereocenters. The van der Waals surface area contributed by atoms with Gasteiger partial charge in [-0.05, 0) is 65.5 Å². The van der Waals surface area contributed by atoms with Crippen molar-refractivity contribution >= 4 is 8.88 Å². The number of hydrogen-bond donors (Lipinski definition) is 0. The predicted octanol–water partition coefficient (Wildman–Crippen LogP) is 5.58. The van der Waals surface area contributed by atoms with Gasteiger partial charge in [-0.1, -0.05) is 52.4 Å². The van der Waals surface area contributed by atoms with Gasteiger partial charge in [0.05, 0.1) is 0 Å². The average Bonchev–Trinajstić information content (AvgIpc) is 2.71. The third-order valence-electron chi connectivity index (χ3n) is 6.35. The summed E-state index contributed by atoms with van der Waals surface area (Å²) in [7, 11) is -2.60. The highest BCUT2D eigenvalue weighted by atomic mass is 28.4. The van der Waals surface area contributed by atoms with E-state index in [1.807, 2.05) is 0 Å². The van der Waals surface area contributed by atoms with E-state index in [1.165, 1.54) is 77.0 Å². The van der Waals surface area contributed by atoms with Crippen LogP contribution in [0.5, 0.6) is 0 Å². The normalized spacial score (nSPS) is 20.7. The highest BCUT2D eigenvalue weighted by Gasteiger charge is 2.55. The first-order valence-electron chi connectivity index (χ1n) is 12.0. The molecule has 27 heavy (non-hydrogen) atoms. The Labute approximate surface area is 170 Å². The molecular weight excluding hydrogens is 352 g/mol. The lowest BCUT2D eigenvalue weighted by Gasteiger charge is -2.52. The summed E-state index contributed by atoms with van der Waals surface area (Å²) in [4.78, 5) is 0. The molecule has 0 spiro atoms. The highest BCUT2D eigenvalue weighted by Crippen LogP contribution is 2.34. The van der Waals surface area contributed by atoms with Crippen LogP contribution in [0.25, 0.3) is 0 Å². The van der Waals surface area contributed by atoms with Gasteiger partial charge in [-0.2, -0.15) is 0 Å². The zero-order valence-corrected chi connectivity index (χ0v) is 19.7. The van der Waals surface area contributed by atoms with Crippen LogP contribution in [0.2, 0.25) is 0 Å². The van der Waals surface area contributed by atoms with E-state index in [1.54, 1.807) is 0 Å². The summed E-state index contributed by atoms with van der Waals surface area (Å²) in [6.07, 6.45) is 15.9. The molecule has 0 aromatic carbocycles.